The second-order valence-electron chi connectivity index (χ2n) is 4.99. The van der Waals surface area contributed by atoms with E-state index in [4.69, 9.17) is 5.73 Å². The molecule has 0 fully saturated rings. The highest BCUT2D eigenvalue weighted by Crippen LogP contribution is 2.28. The lowest BCUT2D eigenvalue weighted by atomic mass is 9.97. The lowest BCUT2D eigenvalue weighted by Gasteiger charge is -2.15. The molecule has 1 nitrogen and oxygen atoms in total. The van der Waals surface area contributed by atoms with E-state index in [1.165, 1.54) is 11.1 Å². The number of rotatable bonds is 3. The van der Waals surface area contributed by atoms with Gasteiger partial charge in [-0.2, -0.15) is 0 Å². The van der Waals surface area contributed by atoms with Crippen molar-refractivity contribution >= 4 is 15.9 Å². The molecule has 0 heterocycles. The van der Waals surface area contributed by atoms with E-state index >= 15 is 0 Å². The molecule has 0 bridgehead atoms. The normalized spacial score (nSPS) is 12.1. The van der Waals surface area contributed by atoms with Crippen molar-refractivity contribution in [2.24, 2.45) is 5.73 Å². The van der Waals surface area contributed by atoms with E-state index in [2.05, 4.69) is 70.5 Å². The first kappa shape index (κ1) is 14.1. The minimum absolute atomic E-state index is 0.120. The van der Waals surface area contributed by atoms with Crippen molar-refractivity contribution < 1.29 is 0 Å². The Bertz CT molecular complexity index is 720. The van der Waals surface area contributed by atoms with Gasteiger partial charge in [-0.25, -0.2) is 0 Å². The first-order valence-corrected chi connectivity index (χ1v) is 7.70. The molecular weight excluding hydrogens is 322 g/mol. The number of nitrogens with two attached hydrogens (primary N) is 1. The summed E-state index contributed by atoms with van der Waals surface area (Å²) in [5.41, 5.74) is 11.0. The third-order valence-corrected chi connectivity index (χ3v) is 4.34. The Morgan fingerprint density at radius 3 is 1.90 bits per heavy atom. The van der Waals surface area contributed by atoms with Gasteiger partial charge in [0.1, 0.15) is 0 Å². The van der Waals surface area contributed by atoms with Gasteiger partial charge in [-0.1, -0.05) is 88.7 Å². The minimum Gasteiger partial charge on any atom is -0.320 e. The molecule has 0 aliphatic heterocycles. The minimum atomic E-state index is -0.120. The maximum absolute atomic E-state index is 6.38. The summed E-state index contributed by atoms with van der Waals surface area (Å²) in [5.74, 6) is 0. The molecule has 3 aromatic carbocycles. The van der Waals surface area contributed by atoms with Crippen LogP contribution in [0.5, 0.6) is 0 Å². The van der Waals surface area contributed by atoms with E-state index in [1.807, 2.05) is 24.3 Å². The van der Waals surface area contributed by atoms with Gasteiger partial charge in [0.15, 0.2) is 0 Å². The van der Waals surface area contributed by atoms with Crippen LogP contribution in [0.4, 0.5) is 0 Å². The summed E-state index contributed by atoms with van der Waals surface area (Å²) in [4.78, 5) is 0. The van der Waals surface area contributed by atoms with Crippen molar-refractivity contribution in [3.63, 3.8) is 0 Å². The van der Waals surface area contributed by atoms with E-state index in [0.717, 1.165) is 15.6 Å². The lowest BCUT2D eigenvalue weighted by molar-refractivity contribution is 0.866. The number of hydrogen-bond donors (Lipinski definition) is 1. The van der Waals surface area contributed by atoms with Crippen LogP contribution in [0.3, 0.4) is 0 Å². The molecule has 3 aromatic rings. The van der Waals surface area contributed by atoms with Gasteiger partial charge < -0.3 is 5.73 Å². The fraction of sp³-hybridized carbons (Fsp3) is 0.0526. The zero-order valence-electron chi connectivity index (χ0n) is 11.5. The average Bonchev–Trinajstić information content (AvgIpc) is 2.56. The van der Waals surface area contributed by atoms with Crippen LogP contribution in [0.25, 0.3) is 11.1 Å². The van der Waals surface area contributed by atoms with Gasteiger partial charge >= 0.3 is 0 Å². The molecule has 0 saturated heterocycles. The van der Waals surface area contributed by atoms with Crippen LogP contribution in [-0.2, 0) is 0 Å². The molecule has 21 heavy (non-hydrogen) atoms. The van der Waals surface area contributed by atoms with Crippen molar-refractivity contribution in [1.29, 1.82) is 0 Å². The fourth-order valence-corrected chi connectivity index (χ4v) is 2.95. The SMILES string of the molecule is NC(c1ccc(-c2ccccc2)cc1)c1ccccc1Br. The maximum Gasteiger partial charge on any atom is 0.0562 e. The highest BCUT2D eigenvalue weighted by molar-refractivity contribution is 9.10. The van der Waals surface area contributed by atoms with Crippen LogP contribution in [0, 0.1) is 0 Å². The van der Waals surface area contributed by atoms with Gasteiger partial charge in [0.2, 0.25) is 0 Å². The smallest absolute Gasteiger partial charge is 0.0562 e. The number of hydrogen-bond acceptors (Lipinski definition) is 1. The summed E-state index contributed by atoms with van der Waals surface area (Å²) in [7, 11) is 0. The molecule has 104 valence electrons. The summed E-state index contributed by atoms with van der Waals surface area (Å²) in [6.07, 6.45) is 0. The Labute approximate surface area is 133 Å². The van der Waals surface area contributed by atoms with Gasteiger partial charge in [0, 0.05) is 4.47 Å². The zero-order chi connectivity index (χ0) is 14.7. The third-order valence-electron chi connectivity index (χ3n) is 3.62. The van der Waals surface area contributed by atoms with Gasteiger partial charge in [-0.3, -0.25) is 0 Å². The van der Waals surface area contributed by atoms with Crippen LogP contribution in [-0.4, -0.2) is 0 Å². The van der Waals surface area contributed by atoms with E-state index in [0.29, 0.717) is 0 Å². The topological polar surface area (TPSA) is 26.0 Å². The van der Waals surface area contributed by atoms with Gasteiger partial charge in [-0.15, -0.1) is 0 Å². The molecule has 3 rings (SSSR count). The van der Waals surface area contributed by atoms with Gasteiger partial charge in [0.25, 0.3) is 0 Å². The molecule has 0 aliphatic carbocycles. The van der Waals surface area contributed by atoms with Gasteiger partial charge in [-0.05, 0) is 28.3 Å². The predicted molar refractivity (Wildman–Crippen MR) is 92.1 cm³/mol. The van der Waals surface area contributed by atoms with E-state index in [9.17, 15) is 0 Å². The molecule has 1 unspecified atom stereocenters. The van der Waals surface area contributed by atoms with Gasteiger partial charge in [0.05, 0.1) is 6.04 Å². The Morgan fingerprint density at radius 1 is 0.667 bits per heavy atom. The van der Waals surface area contributed by atoms with E-state index in [-0.39, 0.29) is 6.04 Å². The highest BCUT2D eigenvalue weighted by atomic mass is 79.9. The summed E-state index contributed by atoms with van der Waals surface area (Å²) in [6.45, 7) is 0. The molecule has 0 spiro atoms. The molecule has 0 radical (unpaired) electrons. The Kier molecular flexibility index (Phi) is 4.18. The predicted octanol–water partition coefficient (Wildman–Crippen LogP) is 5.16. The molecule has 2 N–H and O–H groups in total. The van der Waals surface area contributed by atoms with Crippen LogP contribution >= 0.6 is 15.9 Å². The summed E-state index contributed by atoms with van der Waals surface area (Å²) >= 11 is 3.57. The molecular formula is C19H16BrN. The van der Waals surface area contributed by atoms with Crippen LogP contribution in [0.1, 0.15) is 17.2 Å². The molecule has 0 saturated carbocycles. The van der Waals surface area contributed by atoms with Crippen molar-refractivity contribution in [2.45, 2.75) is 6.04 Å². The largest absolute Gasteiger partial charge is 0.320 e. The maximum atomic E-state index is 6.38. The van der Waals surface area contributed by atoms with Crippen molar-refractivity contribution in [3.8, 4) is 11.1 Å². The Hall–Kier alpha value is -1.90. The molecule has 0 aromatic heterocycles. The quantitative estimate of drug-likeness (QED) is 0.701. The van der Waals surface area contributed by atoms with Crippen molar-refractivity contribution in [1.82, 2.24) is 0 Å². The van der Waals surface area contributed by atoms with Crippen LogP contribution in [0.15, 0.2) is 83.3 Å². The fourth-order valence-electron chi connectivity index (χ4n) is 2.42. The zero-order valence-corrected chi connectivity index (χ0v) is 13.1. The van der Waals surface area contributed by atoms with E-state index in [1.54, 1.807) is 0 Å². The summed E-state index contributed by atoms with van der Waals surface area (Å²) in [5, 5.41) is 0. The summed E-state index contributed by atoms with van der Waals surface area (Å²) in [6, 6.07) is 26.8. The Balaban J connectivity index is 1.89. The third kappa shape index (κ3) is 3.07. The lowest BCUT2D eigenvalue weighted by Crippen LogP contribution is -2.12. The van der Waals surface area contributed by atoms with Crippen molar-refractivity contribution in [2.75, 3.05) is 0 Å². The standard InChI is InChI=1S/C19H16BrN/c20-18-9-5-4-8-17(18)19(21)16-12-10-15(11-13-16)14-6-2-1-3-7-14/h1-13,19H,21H2. The first-order chi connectivity index (χ1) is 10.3. The molecule has 1 atom stereocenters. The second-order valence-corrected chi connectivity index (χ2v) is 5.84. The van der Waals surface area contributed by atoms with E-state index < -0.39 is 0 Å². The van der Waals surface area contributed by atoms with Crippen molar-refractivity contribution in [3.05, 3.63) is 94.5 Å². The number of halogens is 1. The molecule has 0 amide bonds. The summed E-state index contributed by atoms with van der Waals surface area (Å²) < 4.78 is 1.05. The number of benzene rings is 3. The van der Waals surface area contributed by atoms with Crippen LogP contribution < -0.4 is 5.73 Å². The first-order valence-electron chi connectivity index (χ1n) is 6.91. The monoisotopic (exact) mass is 337 g/mol. The van der Waals surface area contributed by atoms with Crippen LogP contribution in [0.2, 0.25) is 0 Å². The molecule has 2 heteroatoms. The average molecular weight is 338 g/mol. The highest BCUT2D eigenvalue weighted by Gasteiger charge is 2.11. The second kappa shape index (κ2) is 6.25. The molecule has 0 aliphatic rings. The Morgan fingerprint density at radius 2 is 1.24 bits per heavy atom.